The topological polar surface area (TPSA) is 24.4 Å². The number of hydrazone groups is 1. The summed E-state index contributed by atoms with van der Waals surface area (Å²) in [5.74, 6) is 0. The van der Waals surface area contributed by atoms with Crippen molar-refractivity contribution in [2.45, 2.75) is 13.3 Å². The average Bonchev–Trinajstić information content (AvgIpc) is 1.61. The van der Waals surface area contributed by atoms with E-state index in [-0.39, 0.29) is 0 Å². The van der Waals surface area contributed by atoms with Crippen LogP contribution in [0.4, 0.5) is 0 Å². The van der Waals surface area contributed by atoms with E-state index < -0.39 is 0 Å². The summed E-state index contributed by atoms with van der Waals surface area (Å²) in [5, 5.41) is 3.72. The molecule has 2 heteroatoms. The first-order chi connectivity index (χ1) is 2.91. The molecule has 0 rings (SSSR count). The van der Waals surface area contributed by atoms with Gasteiger partial charge in [-0.3, -0.25) is 0 Å². The molecule has 0 spiro atoms. The SMILES string of the molecule is CCC=NNC. The number of hydrogen-bond donors (Lipinski definition) is 1. The van der Waals surface area contributed by atoms with E-state index in [2.05, 4.69) is 10.5 Å². The van der Waals surface area contributed by atoms with Crippen molar-refractivity contribution in [3.8, 4) is 0 Å². The van der Waals surface area contributed by atoms with Crippen LogP contribution in [0, 0.1) is 0 Å². The normalized spacial score (nSPS) is 9.67. The van der Waals surface area contributed by atoms with E-state index in [1.54, 1.807) is 7.05 Å². The molecule has 6 heavy (non-hydrogen) atoms. The summed E-state index contributed by atoms with van der Waals surface area (Å²) >= 11 is 0. The van der Waals surface area contributed by atoms with Crippen LogP contribution in [0.15, 0.2) is 5.10 Å². The third-order valence-corrected chi connectivity index (χ3v) is 0.403. The molecule has 0 saturated heterocycles. The highest BCUT2D eigenvalue weighted by Gasteiger charge is 1.57. The maximum atomic E-state index is 3.72. The van der Waals surface area contributed by atoms with Gasteiger partial charge in [0.15, 0.2) is 0 Å². The van der Waals surface area contributed by atoms with Crippen LogP contribution in [0.2, 0.25) is 0 Å². The van der Waals surface area contributed by atoms with Gasteiger partial charge in [-0.15, -0.1) is 0 Å². The van der Waals surface area contributed by atoms with Gasteiger partial charge in [0.05, 0.1) is 0 Å². The summed E-state index contributed by atoms with van der Waals surface area (Å²) in [6, 6.07) is 0. The van der Waals surface area contributed by atoms with Crippen molar-refractivity contribution in [3.63, 3.8) is 0 Å². The minimum atomic E-state index is 1.00. The highest BCUT2D eigenvalue weighted by molar-refractivity contribution is 5.55. The first kappa shape index (κ1) is 5.47. The smallest absolute Gasteiger partial charge is 0.0239 e. The molecule has 0 amide bonds. The van der Waals surface area contributed by atoms with Crippen molar-refractivity contribution in [1.29, 1.82) is 0 Å². The third kappa shape index (κ3) is 3.47. The Morgan fingerprint density at radius 3 is 2.67 bits per heavy atom. The van der Waals surface area contributed by atoms with E-state index in [1.165, 1.54) is 0 Å². The Hall–Kier alpha value is -0.530. The maximum Gasteiger partial charge on any atom is 0.0239 e. The van der Waals surface area contributed by atoms with E-state index >= 15 is 0 Å². The molecule has 0 saturated carbocycles. The predicted octanol–water partition coefficient (Wildman–Crippen LogP) is 0.602. The van der Waals surface area contributed by atoms with Crippen molar-refractivity contribution >= 4 is 6.21 Å². The second kappa shape index (κ2) is 4.47. The van der Waals surface area contributed by atoms with Crippen LogP contribution in [0.25, 0.3) is 0 Å². The van der Waals surface area contributed by atoms with Crippen LogP contribution in [-0.2, 0) is 0 Å². The molecule has 0 aromatic heterocycles. The van der Waals surface area contributed by atoms with Crippen molar-refractivity contribution in [1.82, 2.24) is 5.43 Å². The monoisotopic (exact) mass is 86.1 g/mol. The lowest BCUT2D eigenvalue weighted by Crippen LogP contribution is -1.92. The first-order valence-corrected chi connectivity index (χ1v) is 2.10. The zero-order chi connectivity index (χ0) is 4.83. The molecular formula is C4H10N2. The van der Waals surface area contributed by atoms with Crippen molar-refractivity contribution in [3.05, 3.63) is 0 Å². The Morgan fingerprint density at radius 1 is 1.83 bits per heavy atom. The molecule has 0 bridgehead atoms. The lowest BCUT2D eigenvalue weighted by Gasteiger charge is -1.79. The fourth-order valence-corrected chi connectivity index (χ4v) is 0.183. The van der Waals surface area contributed by atoms with Gasteiger partial charge in [-0.25, -0.2) is 0 Å². The second-order valence-corrected chi connectivity index (χ2v) is 0.944. The highest BCUT2D eigenvalue weighted by Crippen LogP contribution is 1.61. The van der Waals surface area contributed by atoms with Crippen molar-refractivity contribution in [2.75, 3.05) is 7.05 Å². The Bertz CT molecular complexity index is 34.8. The van der Waals surface area contributed by atoms with Gasteiger partial charge in [0.1, 0.15) is 0 Å². The number of nitrogens with one attached hydrogen (secondary N) is 1. The van der Waals surface area contributed by atoms with Crippen LogP contribution in [-0.4, -0.2) is 13.3 Å². The molecule has 1 N–H and O–H groups in total. The molecule has 0 radical (unpaired) electrons. The molecule has 0 aliphatic heterocycles. The van der Waals surface area contributed by atoms with Gasteiger partial charge in [0.2, 0.25) is 0 Å². The fraction of sp³-hybridized carbons (Fsp3) is 0.750. The summed E-state index contributed by atoms with van der Waals surface area (Å²) in [4.78, 5) is 0. The highest BCUT2D eigenvalue weighted by atomic mass is 15.3. The minimum Gasteiger partial charge on any atom is -0.313 e. The number of nitrogens with zero attached hydrogens (tertiary/aromatic N) is 1. The zero-order valence-electron chi connectivity index (χ0n) is 4.23. The maximum absolute atomic E-state index is 3.72. The molecule has 0 fully saturated rings. The summed E-state index contributed by atoms with van der Waals surface area (Å²) < 4.78 is 0. The van der Waals surface area contributed by atoms with Crippen LogP contribution >= 0.6 is 0 Å². The largest absolute Gasteiger partial charge is 0.313 e. The van der Waals surface area contributed by atoms with Gasteiger partial charge in [-0.2, -0.15) is 5.10 Å². The van der Waals surface area contributed by atoms with Crippen LogP contribution in [0.5, 0.6) is 0 Å². The molecule has 0 aliphatic rings. The standard InChI is InChI=1S/C4H10N2/c1-3-4-6-5-2/h4-5H,3H2,1-2H3. The Labute approximate surface area is 38.2 Å². The van der Waals surface area contributed by atoms with Gasteiger partial charge in [-0.1, -0.05) is 6.92 Å². The average molecular weight is 86.1 g/mol. The Balaban J connectivity index is 2.73. The van der Waals surface area contributed by atoms with Crippen LogP contribution in [0.3, 0.4) is 0 Å². The minimum absolute atomic E-state index is 1.00. The molecule has 2 nitrogen and oxygen atoms in total. The number of hydrogen-bond acceptors (Lipinski definition) is 2. The molecule has 0 unspecified atom stereocenters. The lowest BCUT2D eigenvalue weighted by molar-refractivity contribution is 0.901. The fourth-order valence-electron chi connectivity index (χ4n) is 0.183. The summed E-state index contributed by atoms with van der Waals surface area (Å²) in [6.45, 7) is 2.04. The van der Waals surface area contributed by atoms with Crippen LogP contribution < -0.4 is 5.43 Å². The van der Waals surface area contributed by atoms with E-state index in [4.69, 9.17) is 0 Å². The molecule has 0 aliphatic carbocycles. The quantitative estimate of drug-likeness (QED) is 0.386. The van der Waals surface area contributed by atoms with Gasteiger partial charge in [-0.05, 0) is 6.42 Å². The van der Waals surface area contributed by atoms with Crippen molar-refractivity contribution in [2.24, 2.45) is 5.10 Å². The Morgan fingerprint density at radius 2 is 2.50 bits per heavy atom. The summed E-state index contributed by atoms with van der Waals surface area (Å²) in [5.41, 5.74) is 2.64. The van der Waals surface area contributed by atoms with Gasteiger partial charge < -0.3 is 5.43 Å². The summed E-state index contributed by atoms with van der Waals surface area (Å²) in [6.07, 6.45) is 2.82. The zero-order valence-corrected chi connectivity index (χ0v) is 4.23. The molecular weight excluding hydrogens is 76.1 g/mol. The van der Waals surface area contributed by atoms with E-state index in [1.807, 2.05) is 13.1 Å². The third-order valence-electron chi connectivity index (χ3n) is 0.403. The Kier molecular flexibility index (Phi) is 4.08. The van der Waals surface area contributed by atoms with E-state index in [0.29, 0.717) is 0 Å². The summed E-state index contributed by atoms with van der Waals surface area (Å²) in [7, 11) is 1.78. The van der Waals surface area contributed by atoms with E-state index in [0.717, 1.165) is 6.42 Å². The first-order valence-electron chi connectivity index (χ1n) is 2.10. The van der Waals surface area contributed by atoms with Crippen LogP contribution in [0.1, 0.15) is 13.3 Å². The second-order valence-electron chi connectivity index (χ2n) is 0.944. The number of rotatable bonds is 2. The van der Waals surface area contributed by atoms with E-state index in [9.17, 15) is 0 Å². The van der Waals surface area contributed by atoms with Gasteiger partial charge >= 0.3 is 0 Å². The van der Waals surface area contributed by atoms with Gasteiger partial charge in [0, 0.05) is 13.3 Å². The molecule has 0 heterocycles. The predicted molar refractivity (Wildman–Crippen MR) is 27.8 cm³/mol. The molecule has 0 atom stereocenters. The van der Waals surface area contributed by atoms with Crippen molar-refractivity contribution < 1.29 is 0 Å². The lowest BCUT2D eigenvalue weighted by atomic mass is 10.6. The molecule has 0 aromatic carbocycles. The molecule has 0 aromatic rings. The molecule has 36 valence electrons. The van der Waals surface area contributed by atoms with Gasteiger partial charge in [0.25, 0.3) is 0 Å².